The van der Waals surface area contributed by atoms with Crippen LogP contribution in [0.3, 0.4) is 0 Å². The van der Waals surface area contributed by atoms with Crippen LogP contribution < -0.4 is 0 Å². The lowest BCUT2D eigenvalue weighted by molar-refractivity contribution is -0.161. The van der Waals surface area contributed by atoms with Gasteiger partial charge < -0.3 is 33.8 Å². The van der Waals surface area contributed by atoms with E-state index < -0.39 is 97.5 Å². The summed E-state index contributed by atoms with van der Waals surface area (Å²) in [5, 5.41) is 10.5. The molecule has 0 aromatic carbocycles. The van der Waals surface area contributed by atoms with Crippen molar-refractivity contribution in [1.82, 2.24) is 0 Å². The molecule has 0 radical (unpaired) electrons. The Morgan fingerprint density at radius 2 is 0.535 bits per heavy atom. The second-order valence-electron chi connectivity index (χ2n) is 24.7. The highest BCUT2D eigenvalue weighted by Gasteiger charge is 2.30. The van der Waals surface area contributed by atoms with E-state index in [1.54, 1.807) is 0 Å². The predicted molar refractivity (Wildman–Crippen MR) is 345 cm³/mol. The molecule has 0 spiro atoms. The molecule has 19 heteroatoms. The van der Waals surface area contributed by atoms with E-state index in [1.165, 1.54) is 154 Å². The highest BCUT2D eigenvalue weighted by Crippen LogP contribution is 2.45. The number of aliphatic hydroxyl groups is 1. The van der Waals surface area contributed by atoms with Crippen molar-refractivity contribution in [2.75, 3.05) is 39.6 Å². The molecule has 3 N–H and O–H groups in total. The van der Waals surface area contributed by atoms with Crippen LogP contribution >= 0.6 is 15.6 Å². The van der Waals surface area contributed by atoms with Crippen molar-refractivity contribution in [3.63, 3.8) is 0 Å². The third-order valence-corrected chi connectivity index (χ3v) is 17.4. The smallest absolute Gasteiger partial charge is 0.462 e. The first-order valence-corrected chi connectivity index (χ1v) is 38.1. The lowest BCUT2D eigenvalue weighted by atomic mass is 10.0. The predicted octanol–water partition coefficient (Wildman–Crippen LogP) is 19.0. The average molecular weight is 1270 g/mol. The molecule has 86 heavy (non-hydrogen) atoms. The summed E-state index contributed by atoms with van der Waals surface area (Å²) in [5.74, 6) is -1.36. The molecule has 0 saturated heterocycles. The molecule has 0 heterocycles. The molecule has 0 bridgehead atoms. The lowest BCUT2D eigenvalue weighted by Crippen LogP contribution is -2.30. The number of phosphoric ester groups is 2. The number of hydrogen-bond donors (Lipinski definition) is 3. The SMILES string of the molecule is CCCCCCCCCCCCCCCCC(=O)OC[C@H](COP(=O)(O)OC[C@@H](O)COP(=O)(O)OC[C@@H](COC(=O)CCCCCCCCC)OC(=O)CCCCCCCCCCCCC)OC(=O)CCCCCCCCCCCCCC(C)C. The van der Waals surface area contributed by atoms with Crippen molar-refractivity contribution in [3.8, 4) is 0 Å². The molecular weight excluding hydrogens is 1140 g/mol. The van der Waals surface area contributed by atoms with Crippen LogP contribution in [-0.4, -0.2) is 96.7 Å². The van der Waals surface area contributed by atoms with Crippen LogP contribution in [0.2, 0.25) is 0 Å². The molecular formula is C67H130O17P2. The maximum absolute atomic E-state index is 13.0. The number of rotatable bonds is 67. The number of hydrogen-bond acceptors (Lipinski definition) is 15. The van der Waals surface area contributed by atoms with Gasteiger partial charge in [-0.2, -0.15) is 0 Å². The number of carbonyl (C=O) groups is 4. The highest BCUT2D eigenvalue weighted by atomic mass is 31.2. The van der Waals surface area contributed by atoms with Crippen LogP contribution in [-0.2, 0) is 65.4 Å². The zero-order chi connectivity index (χ0) is 63.5. The van der Waals surface area contributed by atoms with E-state index in [9.17, 15) is 43.2 Å². The van der Waals surface area contributed by atoms with Gasteiger partial charge in [0.1, 0.15) is 19.3 Å². The molecule has 0 aliphatic rings. The second kappa shape index (κ2) is 60.6. The molecule has 0 aromatic rings. The van der Waals surface area contributed by atoms with E-state index in [1.807, 2.05) is 0 Å². The third-order valence-electron chi connectivity index (χ3n) is 15.5. The molecule has 0 aliphatic carbocycles. The van der Waals surface area contributed by atoms with Gasteiger partial charge in [0.05, 0.1) is 26.4 Å². The van der Waals surface area contributed by atoms with Crippen LogP contribution in [0.4, 0.5) is 0 Å². The summed E-state index contributed by atoms with van der Waals surface area (Å²) in [6.07, 6.45) is 45.8. The van der Waals surface area contributed by atoms with Crippen molar-refractivity contribution in [2.24, 2.45) is 5.92 Å². The first-order valence-electron chi connectivity index (χ1n) is 35.1. The van der Waals surface area contributed by atoms with Crippen molar-refractivity contribution >= 4 is 39.5 Å². The summed E-state index contributed by atoms with van der Waals surface area (Å²) < 4.78 is 68.1. The van der Waals surface area contributed by atoms with Crippen LogP contribution in [0.5, 0.6) is 0 Å². The summed E-state index contributed by atoms with van der Waals surface area (Å²) in [5.41, 5.74) is 0. The fraction of sp³-hybridized carbons (Fsp3) is 0.940. The van der Waals surface area contributed by atoms with Crippen molar-refractivity contribution in [2.45, 2.75) is 361 Å². The van der Waals surface area contributed by atoms with Gasteiger partial charge in [0.25, 0.3) is 0 Å². The first kappa shape index (κ1) is 84.1. The summed E-state index contributed by atoms with van der Waals surface area (Å²) in [4.78, 5) is 72.3. The molecule has 5 atom stereocenters. The number of ether oxygens (including phenoxy) is 4. The topological polar surface area (TPSA) is 237 Å². The molecule has 510 valence electrons. The van der Waals surface area contributed by atoms with Gasteiger partial charge >= 0.3 is 39.5 Å². The zero-order valence-electron chi connectivity index (χ0n) is 55.4. The van der Waals surface area contributed by atoms with Crippen molar-refractivity contribution in [3.05, 3.63) is 0 Å². The summed E-state index contributed by atoms with van der Waals surface area (Å²) in [6.45, 7) is 7.19. The van der Waals surface area contributed by atoms with Crippen LogP contribution in [0.1, 0.15) is 343 Å². The van der Waals surface area contributed by atoms with E-state index in [2.05, 4.69) is 34.6 Å². The van der Waals surface area contributed by atoms with Crippen LogP contribution in [0.15, 0.2) is 0 Å². The molecule has 17 nitrogen and oxygen atoms in total. The monoisotopic (exact) mass is 1270 g/mol. The molecule has 0 fully saturated rings. The number of carbonyl (C=O) groups excluding carboxylic acids is 4. The van der Waals surface area contributed by atoms with Crippen LogP contribution in [0, 0.1) is 5.92 Å². The number of aliphatic hydroxyl groups excluding tert-OH is 1. The van der Waals surface area contributed by atoms with Gasteiger partial charge in [-0.3, -0.25) is 37.3 Å². The Morgan fingerprint density at radius 1 is 0.314 bits per heavy atom. The Bertz CT molecular complexity index is 1670. The largest absolute Gasteiger partial charge is 0.472 e. The van der Waals surface area contributed by atoms with Gasteiger partial charge in [-0.25, -0.2) is 9.13 Å². The fourth-order valence-electron chi connectivity index (χ4n) is 10.1. The zero-order valence-corrected chi connectivity index (χ0v) is 57.2. The van der Waals surface area contributed by atoms with Gasteiger partial charge in [0.2, 0.25) is 0 Å². The van der Waals surface area contributed by atoms with Gasteiger partial charge in [-0.15, -0.1) is 0 Å². The van der Waals surface area contributed by atoms with Crippen molar-refractivity contribution in [1.29, 1.82) is 0 Å². The van der Waals surface area contributed by atoms with E-state index in [4.69, 9.17) is 37.0 Å². The Kier molecular flexibility index (Phi) is 59.2. The summed E-state index contributed by atoms with van der Waals surface area (Å²) in [6, 6.07) is 0. The summed E-state index contributed by atoms with van der Waals surface area (Å²) >= 11 is 0. The van der Waals surface area contributed by atoms with E-state index >= 15 is 0 Å². The molecule has 0 saturated carbocycles. The van der Waals surface area contributed by atoms with Crippen LogP contribution in [0.25, 0.3) is 0 Å². The molecule has 0 aliphatic heterocycles. The Morgan fingerprint density at radius 3 is 0.791 bits per heavy atom. The van der Waals surface area contributed by atoms with Gasteiger partial charge in [-0.1, -0.05) is 291 Å². The minimum Gasteiger partial charge on any atom is -0.462 e. The first-order chi connectivity index (χ1) is 41.5. The number of unbranched alkanes of at least 4 members (excludes halogenated alkanes) is 39. The van der Waals surface area contributed by atoms with Gasteiger partial charge in [0.15, 0.2) is 12.2 Å². The highest BCUT2D eigenvalue weighted by molar-refractivity contribution is 7.47. The molecule has 0 aromatic heterocycles. The minimum absolute atomic E-state index is 0.107. The molecule has 0 rings (SSSR count). The third kappa shape index (κ3) is 60.9. The Labute approximate surface area is 524 Å². The average Bonchev–Trinajstić information content (AvgIpc) is 3.66. The lowest BCUT2D eigenvalue weighted by Gasteiger charge is -2.21. The standard InChI is InChI=1S/C67H130O17P2/c1-6-9-12-15-18-20-22-23-24-28-31-36-41-46-51-65(70)78-57-63(84-67(72)53-48-43-38-33-29-25-27-30-35-39-44-49-60(4)5)59-82-86(75,76)80-55-61(68)54-79-85(73,74)81-58-62(56-77-64(69)50-45-40-34-17-14-11-8-3)83-66(71)52-47-42-37-32-26-21-19-16-13-10-7-2/h60-63,68H,6-59H2,1-5H3,(H,73,74)(H,75,76)/t61-,62+,63+/m0/s1. The maximum Gasteiger partial charge on any atom is 0.472 e. The van der Waals surface area contributed by atoms with Crippen molar-refractivity contribution < 1.29 is 80.2 Å². The maximum atomic E-state index is 13.0. The molecule has 0 amide bonds. The van der Waals surface area contributed by atoms with Gasteiger partial charge in [0, 0.05) is 25.7 Å². The summed E-state index contributed by atoms with van der Waals surface area (Å²) in [7, 11) is -9.89. The number of esters is 4. The second-order valence-corrected chi connectivity index (χ2v) is 27.6. The Balaban J connectivity index is 5.21. The Hall–Kier alpha value is -1.94. The van der Waals surface area contributed by atoms with E-state index in [-0.39, 0.29) is 25.7 Å². The van der Waals surface area contributed by atoms with E-state index in [0.717, 1.165) is 109 Å². The quantitative estimate of drug-likeness (QED) is 0.0222. The number of phosphoric acid groups is 2. The normalized spacial score (nSPS) is 14.2. The van der Waals surface area contributed by atoms with E-state index in [0.29, 0.717) is 25.7 Å². The van der Waals surface area contributed by atoms with Gasteiger partial charge in [-0.05, 0) is 31.6 Å². The molecule has 2 unspecified atom stereocenters. The minimum atomic E-state index is -4.95. The fourth-order valence-corrected chi connectivity index (χ4v) is 11.7.